The second-order valence-corrected chi connectivity index (χ2v) is 5.64. The second kappa shape index (κ2) is 5.12. The maximum atomic E-state index is 12.1. The summed E-state index contributed by atoms with van der Waals surface area (Å²) in [5, 5.41) is 3.14. The van der Waals surface area contributed by atoms with Crippen LogP contribution in [0.5, 0.6) is 0 Å². The summed E-state index contributed by atoms with van der Waals surface area (Å²) in [7, 11) is 0. The first-order chi connectivity index (χ1) is 9.63. The molecule has 0 saturated heterocycles. The van der Waals surface area contributed by atoms with E-state index in [1.165, 1.54) is 22.3 Å². The van der Waals surface area contributed by atoms with Gasteiger partial charge in [-0.1, -0.05) is 48.0 Å². The van der Waals surface area contributed by atoms with Crippen molar-refractivity contribution in [3.8, 4) is 0 Å². The van der Waals surface area contributed by atoms with E-state index in [1.807, 2.05) is 30.3 Å². The summed E-state index contributed by atoms with van der Waals surface area (Å²) in [4.78, 5) is 12.1. The maximum absolute atomic E-state index is 12.1. The van der Waals surface area contributed by atoms with Crippen molar-refractivity contribution in [3.05, 3.63) is 70.3 Å². The van der Waals surface area contributed by atoms with Crippen molar-refractivity contribution in [2.24, 2.45) is 0 Å². The number of benzene rings is 2. The highest BCUT2D eigenvalue weighted by Crippen LogP contribution is 2.36. The molecule has 1 atom stereocenters. The zero-order valence-corrected chi connectivity index (χ0v) is 11.9. The number of aryl methyl sites for hydroxylation is 2. The molecule has 0 fully saturated rings. The van der Waals surface area contributed by atoms with Gasteiger partial charge >= 0.3 is 0 Å². The lowest BCUT2D eigenvalue weighted by Gasteiger charge is -2.33. The van der Waals surface area contributed by atoms with Crippen LogP contribution in [0.2, 0.25) is 0 Å². The van der Waals surface area contributed by atoms with E-state index in [2.05, 4.69) is 31.3 Å². The summed E-state index contributed by atoms with van der Waals surface area (Å²) >= 11 is 0. The van der Waals surface area contributed by atoms with Gasteiger partial charge < -0.3 is 5.32 Å². The molecule has 3 rings (SSSR count). The van der Waals surface area contributed by atoms with Gasteiger partial charge in [-0.25, -0.2) is 0 Å². The topological polar surface area (TPSA) is 29.1 Å². The number of hydrogen-bond donors (Lipinski definition) is 1. The second-order valence-electron chi connectivity index (χ2n) is 5.64. The highest BCUT2D eigenvalue weighted by molar-refractivity contribution is 5.79. The van der Waals surface area contributed by atoms with Crippen molar-refractivity contribution in [3.63, 3.8) is 0 Å². The van der Waals surface area contributed by atoms with E-state index in [0.717, 1.165) is 12.0 Å². The van der Waals surface area contributed by atoms with Crippen LogP contribution in [0, 0.1) is 13.8 Å². The summed E-state index contributed by atoms with van der Waals surface area (Å²) < 4.78 is 0. The van der Waals surface area contributed by atoms with Gasteiger partial charge in [0.25, 0.3) is 0 Å². The number of carbonyl (C=O) groups is 1. The Kier molecular flexibility index (Phi) is 3.31. The largest absolute Gasteiger partial charge is 0.349 e. The van der Waals surface area contributed by atoms with E-state index in [0.29, 0.717) is 6.42 Å². The predicted molar refractivity (Wildman–Crippen MR) is 80.6 cm³/mol. The fourth-order valence-electron chi connectivity index (χ4n) is 3.07. The number of carbonyl (C=O) groups excluding carboxylic acids is 1. The van der Waals surface area contributed by atoms with E-state index in [9.17, 15) is 4.79 Å². The lowest BCUT2D eigenvalue weighted by molar-refractivity contribution is -0.121. The third kappa shape index (κ3) is 2.46. The first kappa shape index (κ1) is 12.9. The Bertz CT molecular complexity index is 629. The van der Waals surface area contributed by atoms with Crippen molar-refractivity contribution in [1.82, 2.24) is 5.32 Å². The van der Waals surface area contributed by atoms with E-state index in [1.54, 1.807) is 0 Å². The average Bonchev–Trinajstić information content (AvgIpc) is 2.36. The Labute approximate surface area is 119 Å². The molecule has 0 heterocycles. The Morgan fingerprint density at radius 1 is 1.20 bits per heavy atom. The summed E-state index contributed by atoms with van der Waals surface area (Å²) in [6.45, 7) is 4.25. The van der Waals surface area contributed by atoms with Crippen LogP contribution in [0.4, 0.5) is 0 Å². The normalized spacial score (nSPS) is 16.2. The molecule has 0 bridgehead atoms. The van der Waals surface area contributed by atoms with Crippen molar-refractivity contribution >= 4 is 5.91 Å². The Morgan fingerprint density at radius 3 is 2.65 bits per heavy atom. The fraction of sp³-hybridized carbons (Fsp3) is 0.278. The Morgan fingerprint density at radius 2 is 1.95 bits per heavy atom. The van der Waals surface area contributed by atoms with Crippen molar-refractivity contribution in [1.29, 1.82) is 0 Å². The van der Waals surface area contributed by atoms with Crippen LogP contribution in [0.3, 0.4) is 0 Å². The highest BCUT2D eigenvalue weighted by Gasteiger charge is 2.29. The Hall–Kier alpha value is -2.09. The van der Waals surface area contributed by atoms with E-state index in [4.69, 9.17) is 0 Å². The quantitative estimate of drug-likeness (QED) is 0.906. The molecular weight excluding hydrogens is 246 g/mol. The molecule has 1 amide bonds. The van der Waals surface area contributed by atoms with E-state index >= 15 is 0 Å². The molecule has 1 aliphatic rings. The zero-order chi connectivity index (χ0) is 14.1. The molecule has 1 aliphatic carbocycles. The number of rotatable bonds is 3. The molecule has 0 saturated carbocycles. The van der Waals surface area contributed by atoms with Gasteiger partial charge in [-0.15, -0.1) is 0 Å². The molecule has 102 valence electrons. The number of hydrogen-bond acceptors (Lipinski definition) is 1. The van der Waals surface area contributed by atoms with Crippen LogP contribution < -0.4 is 5.32 Å². The van der Waals surface area contributed by atoms with Crippen molar-refractivity contribution < 1.29 is 4.79 Å². The third-order valence-corrected chi connectivity index (χ3v) is 3.93. The van der Waals surface area contributed by atoms with Gasteiger partial charge in [0.05, 0.1) is 12.5 Å². The van der Waals surface area contributed by atoms with E-state index in [-0.39, 0.29) is 11.9 Å². The van der Waals surface area contributed by atoms with Gasteiger partial charge in [-0.3, -0.25) is 4.79 Å². The van der Waals surface area contributed by atoms with Crippen LogP contribution in [0.1, 0.15) is 33.9 Å². The molecule has 0 unspecified atom stereocenters. The summed E-state index contributed by atoms with van der Waals surface area (Å²) in [5.74, 6) is 0.104. The van der Waals surface area contributed by atoms with Crippen molar-refractivity contribution in [2.45, 2.75) is 32.7 Å². The molecule has 0 aromatic heterocycles. The molecule has 2 aromatic carbocycles. The Balaban J connectivity index is 1.67. The molecule has 0 aliphatic heterocycles. The standard InChI is InChI=1S/C18H19NO/c1-12-8-13(2)18-15(9-12)11-16(18)19-17(20)10-14-6-4-3-5-7-14/h3-9,16H,10-11H2,1-2H3,(H,19,20)/t16-/m0/s1. The van der Waals surface area contributed by atoms with Crippen LogP contribution in [-0.2, 0) is 17.6 Å². The summed E-state index contributed by atoms with van der Waals surface area (Å²) in [6, 6.07) is 14.5. The average molecular weight is 265 g/mol. The molecule has 2 nitrogen and oxygen atoms in total. The van der Waals surface area contributed by atoms with Crippen LogP contribution >= 0.6 is 0 Å². The van der Waals surface area contributed by atoms with Gasteiger partial charge in [0.1, 0.15) is 0 Å². The minimum absolute atomic E-state index is 0.104. The molecular formula is C18H19NO. The lowest BCUT2D eigenvalue weighted by Crippen LogP contribution is -2.37. The first-order valence-electron chi connectivity index (χ1n) is 7.07. The third-order valence-electron chi connectivity index (χ3n) is 3.93. The van der Waals surface area contributed by atoms with Gasteiger partial charge in [0.2, 0.25) is 5.91 Å². The fourth-order valence-corrected chi connectivity index (χ4v) is 3.07. The SMILES string of the molecule is Cc1cc(C)c2c(c1)C[C@@H]2NC(=O)Cc1ccccc1. The number of nitrogens with one attached hydrogen (secondary N) is 1. The van der Waals surface area contributed by atoms with Crippen LogP contribution in [0.15, 0.2) is 42.5 Å². The first-order valence-corrected chi connectivity index (χ1v) is 7.07. The zero-order valence-electron chi connectivity index (χ0n) is 11.9. The lowest BCUT2D eigenvalue weighted by atomic mass is 9.79. The van der Waals surface area contributed by atoms with Crippen LogP contribution in [-0.4, -0.2) is 5.91 Å². The van der Waals surface area contributed by atoms with Gasteiger partial charge in [-0.05, 0) is 42.5 Å². The molecule has 0 radical (unpaired) electrons. The van der Waals surface area contributed by atoms with E-state index < -0.39 is 0 Å². The number of amides is 1. The minimum atomic E-state index is 0.104. The maximum Gasteiger partial charge on any atom is 0.224 e. The molecule has 20 heavy (non-hydrogen) atoms. The summed E-state index contributed by atoms with van der Waals surface area (Å²) in [6.07, 6.45) is 1.41. The molecule has 2 heteroatoms. The highest BCUT2D eigenvalue weighted by atomic mass is 16.1. The van der Waals surface area contributed by atoms with Gasteiger partial charge in [0, 0.05) is 0 Å². The summed E-state index contributed by atoms with van der Waals surface area (Å²) in [5.41, 5.74) is 6.35. The monoisotopic (exact) mass is 265 g/mol. The minimum Gasteiger partial charge on any atom is -0.349 e. The van der Waals surface area contributed by atoms with Crippen LogP contribution in [0.25, 0.3) is 0 Å². The molecule has 0 spiro atoms. The molecule has 1 N–H and O–H groups in total. The van der Waals surface area contributed by atoms with Crippen molar-refractivity contribution in [2.75, 3.05) is 0 Å². The molecule has 2 aromatic rings. The predicted octanol–water partition coefficient (Wildman–Crippen LogP) is 3.26. The smallest absolute Gasteiger partial charge is 0.224 e. The number of fused-ring (bicyclic) bond motifs is 1. The van der Waals surface area contributed by atoms with Gasteiger partial charge in [0.15, 0.2) is 0 Å². The van der Waals surface area contributed by atoms with Gasteiger partial charge in [-0.2, -0.15) is 0 Å².